The maximum Gasteiger partial charge on any atom is 0.262 e. The lowest BCUT2D eigenvalue weighted by Crippen LogP contribution is -2.32. The zero-order valence-electron chi connectivity index (χ0n) is 13.8. The number of amides is 2. The molecule has 1 aromatic heterocycles. The van der Waals surface area contributed by atoms with Crippen molar-refractivity contribution in [3.63, 3.8) is 0 Å². The van der Waals surface area contributed by atoms with Gasteiger partial charge in [0.1, 0.15) is 6.04 Å². The first-order chi connectivity index (χ1) is 12.1. The topological polar surface area (TPSA) is 76.3 Å². The molecule has 0 unspecified atom stereocenters. The quantitative estimate of drug-likeness (QED) is 0.687. The molecule has 1 aliphatic rings. The molecule has 124 valence electrons. The van der Waals surface area contributed by atoms with Crippen molar-refractivity contribution >= 4 is 11.8 Å². The molecule has 0 N–H and O–H groups in total. The Balaban J connectivity index is 1.67. The highest BCUT2D eigenvalue weighted by Crippen LogP contribution is 2.31. The number of aryl methyl sites for hydroxylation is 1. The molecular formula is C19H15N3O3. The molecule has 0 bridgehead atoms. The van der Waals surface area contributed by atoms with E-state index in [1.807, 2.05) is 31.2 Å². The van der Waals surface area contributed by atoms with Crippen LogP contribution >= 0.6 is 0 Å². The van der Waals surface area contributed by atoms with E-state index in [2.05, 4.69) is 10.1 Å². The van der Waals surface area contributed by atoms with Crippen LogP contribution in [0.1, 0.15) is 45.1 Å². The maximum atomic E-state index is 12.6. The number of fused-ring (bicyclic) bond motifs is 1. The van der Waals surface area contributed by atoms with Crippen LogP contribution in [-0.4, -0.2) is 26.9 Å². The predicted molar refractivity (Wildman–Crippen MR) is 89.8 cm³/mol. The zero-order valence-corrected chi connectivity index (χ0v) is 13.8. The monoisotopic (exact) mass is 333 g/mol. The molecule has 3 aromatic rings. The van der Waals surface area contributed by atoms with Gasteiger partial charge in [0.15, 0.2) is 0 Å². The standard InChI is InChI=1S/C19H15N3O3/c1-11-7-3-4-8-13(11)16-20-17(25-21-16)12(2)22-18(23)14-9-5-6-10-15(14)19(22)24/h3-10,12H,1-2H3/t12-/m1/s1. The Bertz CT molecular complexity index is 958. The van der Waals surface area contributed by atoms with Gasteiger partial charge < -0.3 is 4.52 Å². The highest BCUT2D eigenvalue weighted by Gasteiger charge is 2.40. The second-order valence-electron chi connectivity index (χ2n) is 5.97. The van der Waals surface area contributed by atoms with Crippen molar-refractivity contribution in [1.29, 1.82) is 0 Å². The molecule has 2 aromatic carbocycles. The SMILES string of the molecule is Cc1ccccc1-c1noc([C@@H](C)N2C(=O)c3ccccc3C2=O)n1. The largest absolute Gasteiger partial charge is 0.337 e. The van der Waals surface area contributed by atoms with Gasteiger partial charge in [-0.2, -0.15) is 4.98 Å². The maximum absolute atomic E-state index is 12.6. The van der Waals surface area contributed by atoms with Gasteiger partial charge in [-0.15, -0.1) is 0 Å². The summed E-state index contributed by atoms with van der Waals surface area (Å²) < 4.78 is 5.34. The number of aromatic nitrogens is 2. The summed E-state index contributed by atoms with van der Waals surface area (Å²) in [5, 5.41) is 4.00. The lowest BCUT2D eigenvalue weighted by atomic mass is 10.1. The summed E-state index contributed by atoms with van der Waals surface area (Å²) in [6.45, 7) is 3.66. The Hall–Kier alpha value is -3.28. The van der Waals surface area contributed by atoms with E-state index >= 15 is 0 Å². The molecule has 0 saturated heterocycles. The summed E-state index contributed by atoms with van der Waals surface area (Å²) in [4.78, 5) is 30.7. The first-order valence-electron chi connectivity index (χ1n) is 7.94. The molecule has 0 radical (unpaired) electrons. The number of carbonyl (C=O) groups is 2. The Morgan fingerprint density at radius 2 is 1.48 bits per heavy atom. The van der Waals surface area contributed by atoms with Gasteiger partial charge in [-0.1, -0.05) is 41.6 Å². The third-order valence-corrected chi connectivity index (χ3v) is 4.40. The van der Waals surface area contributed by atoms with Gasteiger partial charge in [0.25, 0.3) is 11.8 Å². The number of nitrogens with zero attached hydrogens (tertiary/aromatic N) is 3. The number of hydrogen-bond acceptors (Lipinski definition) is 5. The summed E-state index contributed by atoms with van der Waals surface area (Å²) in [7, 11) is 0. The van der Waals surface area contributed by atoms with Crippen LogP contribution in [-0.2, 0) is 0 Å². The number of carbonyl (C=O) groups excluding carboxylic acids is 2. The average molecular weight is 333 g/mol. The van der Waals surface area contributed by atoms with Crippen molar-refractivity contribution in [2.75, 3.05) is 0 Å². The van der Waals surface area contributed by atoms with E-state index in [1.54, 1.807) is 31.2 Å². The van der Waals surface area contributed by atoms with Crippen LogP contribution in [0.4, 0.5) is 0 Å². The Kier molecular flexibility index (Phi) is 3.46. The summed E-state index contributed by atoms with van der Waals surface area (Å²) in [6, 6.07) is 13.8. The first-order valence-corrected chi connectivity index (χ1v) is 7.94. The van der Waals surface area contributed by atoms with Crippen LogP contribution < -0.4 is 0 Å². The Morgan fingerprint density at radius 3 is 2.08 bits per heavy atom. The molecule has 6 heteroatoms. The fourth-order valence-electron chi connectivity index (χ4n) is 3.01. The van der Waals surface area contributed by atoms with Crippen LogP contribution in [0.5, 0.6) is 0 Å². The first kappa shape index (κ1) is 15.3. The average Bonchev–Trinajstić information content (AvgIpc) is 3.20. The summed E-state index contributed by atoms with van der Waals surface area (Å²) in [6.07, 6.45) is 0. The lowest BCUT2D eigenvalue weighted by Gasteiger charge is -2.18. The highest BCUT2D eigenvalue weighted by atomic mass is 16.5. The van der Waals surface area contributed by atoms with Crippen LogP contribution in [0, 0.1) is 6.92 Å². The van der Waals surface area contributed by atoms with Crippen molar-refractivity contribution in [3.8, 4) is 11.4 Å². The molecule has 0 aliphatic carbocycles. The van der Waals surface area contributed by atoms with Crippen molar-refractivity contribution in [3.05, 3.63) is 71.1 Å². The molecule has 1 aliphatic heterocycles. The fourth-order valence-corrected chi connectivity index (χ4v) is 3.01. The lowest BCUT2D eigenvalue weighted by molar-refractivity contribution is 0.0568. The molecule has 2 amide bonds. The highest BCUT2D eigenvalue weighted by molar-refractivity contribution is 6.21. The number of imide groups is 1. The van der Waals surface area contributed by atoms with Crippen molar-refractivity contribution in [2.24, 2.45) is 0 Å². The van der Waals surface area contributed by atoms with Crippen LogP contribution in [0.25, 0.3) is 11.4 Å². The van der Waals surface area contributed by atoms with Gasteiger partial charge in [0.05, 0.1) is 11.1 Å². The number of rotatable bonds is 3. The normalized spacial score (nSPS) is 14.7. The zero-order chi connectivity index (χ0) is 17.6. The van der Waals surface area contributed by atoms with Gasteiger partial charge in [-0.3, -0.25) is 14.5 Å². The molecule has 0 spiro atoms. The van der Waals surface area contributed by atoms with Crippen molar-refractivity contribution in [2.45, 2.75) is 19.9 Å². The number of benzene rings is 2. The Labute approximate surface area is 144 Å². The molecule has 2 heterocycles. The van der Waals surface area contributed by atoms with Gasteiger partial charge in [-0.05, 0) is 31.5 Å². The van der Waals surface area contributed by atoms with E-state index in [-0.39, 0.29) is 17.7 Å². The van der Waals surface area contributed by atoms with Crippen LogP contribution in [0.15, 0.2) is 53.1 Å². The van der Waals surface area contributed by atoms with E-state index in [0.717, 1.165) is 11.1 Å². The van der Waals surface area contributed by atoms with Crippen molar-refractivity contribution < 1.29 is 14.1 Å². The summed E-state index contributed by atoms with van der Waals surface area (Å²) in [5.41, 5.74) is 2.67. The molecular weight excluding hydrogens is 318 g/mol. The third kappa shape index (κ3) is 2.34. The van der Waals surface area contributed by atoms with E-state index in [4.69, 9.17) is 4.52 Å². The van der Waals surface area contributed by atoms with E-state index in [0.29, 0.717) is 17.0 Å². The molecule has 6 nitrogen and oxygen atoms in total. The van der Waals surface area contributed by atoms with Gasteiger partial charge >= 0.3 is 0 Å². The van der Waals surface area contributed by atoms with Crippen LogP contribution in [0.2, 0.25) is 0 Å². The van der Waals surface area contributed by atoms with E-state index in [1.165, 1.54) is 4.90 Å². The number of hydrogen-bond donors (Lipinski definition) is 0. The molecule has 25 heavy (non-hydrogen) atoms. The molecule has 4 rings (SSSR count). The second-order valence-corrected chi connectivity index (χ2v) is 5.97. The van der Waals surface area contributed by atoms with Crippen LogP contribution in [0.3, 0.4) is 0 Å². The van der Waals surface area contributed by atoms with E-state index in [9.17, 15) is 9.59 Å². The second kappa shape index (κ2) is 5.66. The van der Waals surface area contributed by atoms with Gasteiger partial charge in [0.2, 0.25) is 11.7 Å². The predicted octanol–water partition coefficient (Wildman–Crippen LogP) is 3.40. The van der Waals surface area contributed by atoms with Crippen molar-refractivity contribution in [1.82, 2.24) is 15.0 Å². The smallest absolute Gasteiger partial charge is 0.262 e. The summed E-state index contributed by atoms with van der Waals surface area (Å²) in [5.74, 6) is -0.0169. The third-order valence-electron chi connectivity index (χ3n) is 4.40. The minimum Gasteiger partial charge on any atom is -0.337 e. The minimum absolute atomic E-state index is 0.229. The molecule has 1 atom stereocenters. The minimum atomic E-state index is -0.641. The van der Waals surface area contributed by atoms with Gasteiger partial charge in [-0.25, -0.2) is 0 Å². The van der Waals surface area contributed by atoms with Gasteiger partial charge in [0, 0.05) is 5.56 Å². The molecule has 0 saturated carbocycles. The Morgan fingerprint density at radius 1 is 0.920 bits per heavy atom. The molecule has 0 fully saturated rings. The van der Waals surface area contributed by atoms with E-state index < -0.39 is 6.04 Å². The summed E-state index contributed by atoms with van der Waals surface area (Å²) >= 11 is 0. The fraction of sp³-hybridized carbons (Fsp3) is 0.158.